The molecular weight excluding hydrogens is 258 g/mol. The van der Waals surface area contributed by atoms with Gasteiger partial charge >= 0.3 is 0 Å². The van der Waals surface area contributed by atoms with Crippen LogP contribution in [0.15, 0.2) is 24.3 Å². The van der Waals surface area contributed by atoms with Crippen molar-refractivity contribution in [1.82, 2.24) is 5.32 Å². The number of hydrogen-bond acceptors (Lipinski definition) is 2. The van der Waals surface area contributed by atoms with E-state index < -0.39 is 0 Å². The number of benzene rings is 1. The van der Waals surface area contributed by atoms with Crippen molar-refractivity contribution in [2.75, 3.05) is 20.2 Å². The minimum Gasteiger partial charge on any atom is -0.497 e. The molecule has 1 aromatic carbocycles. The molecule has 0 aromatic heterocycles. The summed E-state index contributed by atoms with van der Waals surface area (Å²) in [6, 6.07) is 8.49. The van der Waals surface area contributed by atoms with Crippen LogP contribution in [0.25, 0.3) is 0 Å². The third-order valence-corrected chi connectivity index (χ3v) is 3.82. The minimum atomic E-state index is 0.414. The molecule has 0 aliphatic carbocycles. The summed E-state index contributed by atoms with van der Waals surface area (Å²) < 4.78 is 5.33. The Balaban J connectivity index is 2.61. The molecule has 0 heterocycles. The van der Waals surface area contributed by atoms with Crippen LogP contribution in [-0.2, 0) is 6.42 Å². The second-order valence-corrected chi connectivity index (χ2v) is 7.23. The van der Waals surface area contributed by atoms with Crippen molar-refractivity contribution in [3.8, 4) is 5.75 Å². The molecule has 0 fully saturated rings. The van der Waals surface area contributed by atoms with Gasteiger partial charge in [0, 0.05) is 0 Å². The smallest absolute Gasteiger partial charge is 0.119 e. The molecule has 0 radical (unpaired) electrons. The van der Waals surface area contributed by atoms with Gasteiger partial charge in [-0.3, -0.25) is 0 Å². The molecule has 0 aliphatic heterocycles. The fourth-order valence-corrected chi connectivity index (χ4v) is 2.53. The van der Waals surface area contributed by atoms with E-state index in [0.717, 1.165) is 25.3 Å². The summed E-state index contributed by atoms with van der Waals surface area (Å²) >= 11 is 0. The zero-order valence-corrected chi connectivity index (χ0v) is 14.5. The van der Waals surface area contributed by atoms with Gasteiger partial charge in [-0.15, -0.1) is 0 Å². The van der Waals surface area contributed by atoms with Crippen molar-refractivity contribution in [2.45, 2.75) is 53.4 Å². The Kier molecular flexibility index (Phi) is 7.81. The maximum atomic E-state index is 5.33. The molecule has 1 rings (SSSR count). The average molecular weight is 291 g/mol. The Morgan fingerprint density at radius 2 is 2.00 bits per heavy atom. The zero-order chi connectivity index (χ0) is 15.7. The van der Waals surface area contributed by atoms with Crippen LogP contribution >= 0.6 is 0 Å². The Hall–Kier alpha value is -1.02. The molecule has 1 atom stereocenters. The standard InChI is InChI=1S/C19H33NO/c1-6-12-20-15-17(10-11-19(2,3)4)13-16-8-7-9-18(14-16)21-5/h7-9,14,17,20H,6,10-13,15H2,1-5H3. The lowest BCUT2D eigenvalue weighted by Crippen LogP contribution is -2.26. The summed E-state index contributed by atoms with van der Waals surface area (Å²) in [6.45, 7) is 11.4. The van der Waals surface area contributed by atoms with Crippen LogP contribution in [0.4, 0.5) is 0 Å². The van der Waals surface area contributed by atoms with E-state index in [1.54, 1.807) is 7.11 Å². The highest BCUT2D eigenvalue weighted by atomic mass is 16.5. The van der Waals surface area contributed by atoms with Crippen molar-refractivity contribution >= 4 is 0 Å². The monoisotopic (exact) mass is 291 g/mol. The van der Waals surface area contributed by atoms with Gasteiger partial charge in [0.2, 0.25) is 0 Å². The molecule has 2 heteroatoms. The van der Waals surface area contributed by atoms with E-state index in [0.29, 0.717) is 11.3 Å². The maximum absolute atomic E-state index is 5.33. The van der Waals surface area contributed by atoms with Crippen molar-refractivity contribution < 1.29 is 4.74 Å². The van der Waals surface area contributed by atoms with Crippen LogP contribution in [-0.4, -0.2) is 20.2 Å². The predicted octanol–water partition coefficient (Wildman–Crippen LogP) is 4.68. The van der Waals surface area contributed by atoms with Crippen molar-refractivity contribution in [3.05, 3.63) is 29.8 Å². The quantitative estimate of drug-likeness (QED) is 0.667. The molecule has 21 heavy (non-hydrogen) atoms. The summed E-state index contributed by atoms with van der Waals surface area (Å²) in [4.78, 5) is 0. The Bertz CT molecular complexity index is 395. The molecule has 0 aliphatic rings. The lowest BCUT2D eigenvalue weighted by molar-refractivity contribution is 0.313. The maximum Gasteiger partial charge on any atom is 0.119 e. The largest absolute Gasteiger partial charge is 0.497 e. The molecule has 0 bridgehead atoms. The van der Waals surface area contributed by atoms with Gasteiger partial charge in [-0.05, 0) is 67.8 Å². The number of methoxy groups -OCH3 is 1. The highest BCUT2D eigenvalue weighted by molar-refractivity contribution is 5.28. The third kappa shape index (κ3) is 8.11. The first-order valence-corrected chi connectivity index (χ1v) is 8.28. The topological polar surface area (TPSA) is 21.3 Å². The van der Waals surface area contributed by atoms with Gasteiger partial charge in [0.25, 0.3) is 0 Å². The average Bonchev–Trinajstić information content (AvgIpc) is 2.44. The molecular formula is C19H33NO. The molecule has 2 nitrogen and oxygen atoms in total. The molecule has 1 N–H and O–H groups in total. The van der Waals surface area contributed by atoms with Crippen LogP contribution in [0, 0.1) is 11.3 Å². The van der Waals surface area contributed by atoms with E-state index in [1.165, 1.54) is 24.8 Å². The molecule has 0 saturated carbocycles. The highest BCUT2D eigenvalue weighted by Crippen LogP contribution is 2.26. The molecule has 0 saturated heterocycles. The summed E-state index contributed by atoms with van der Waals surface area (Å²) in [5.41, 5.74) is 1.80. The van der Waals surface area contributed by atoms with Crippen LogP contribution in [0.1, 0.15) is 52.5 Å². The van der Waals surface area contributed by atoms with Crippen LogP contribution in [0.5, 0.6) is 5.75 Å². The van der Waals surface area contributed by atoms with Crippen molar-refractivity contribution in [1.29, 1.82) is 0 Å². The molecule has 0 spiro atoms. The van der Waals surface area contributed by atoms with E-state index in [4.69, 9.17) is 4.74 Å². The van der Waals surface area contributed by atoms with E-state index >= 15 is 0 Å². The van der Waals surface area contributed by atoms with Crippen LogP contribution in [0.2, 0.25) is 0 Å². The third-order valence-electron chi connectivity index (χ3n) is 3.82. The van der Waals surface area contributed by atoms with E-state index in [2.05, 4.69) is 51.2 Å². The molecule has 0 amide bonds. The van der Waals surface area contributed by atoms with Crippen LogP contribution < -0.4 is 10.1 Å². The fourth-order valence-electron chi connectivity index (χ4n) is 2.53. The first-order chi connectivity index (χ1) is 9.94. The van der Waals surface area contributed by atoms with Gasteiger partial charge in [-0.25, -0.2) is 0 Å². The number of nitrogens with one attached hydrogen (secondary N) is 1. The van der Waals surface area contributed by atoms with Gasteiger partial charge in [-0.2, -0.15) is 0 Å². The minimum absolute atomic E-state index is 0.414. The van der Waals surface area contributed by atoms with Crippen molar-refractivity contribution in [3.63, 3.8) is 0 Å². The fraction of sp³-hybridized carbons (Fsp3) is 0.684. The first kappa shape index (κ1) is 18.0. The summed E-state index contributed by atoms with van der Waals surface area (Å²) in [7, 11) is 1.74. The van der Waals surface area contributed by atoms with Gasteiger partial charge in [0.1, 0.15) is 5.75 Å². The SMILES string of the molecule is CCCNCC(CCC(C)(C)C)Cc1cccc(OC)c1. The number of hydrogen-bond donors (Lipinski definition) is 1. The second-order valence-electron chi connectivity index (χ2n) is 7.23. The normalized spacial score (nSPS) is 13.2. The van der Waals surface area contributed by atoms with E-state index in [-0.39, 0.29) is 0 Å². The van der Waals surface area contributed by atoms with Crippen LogP contribution in [0.3, 0.4) is 0 Å². The molecule has 1 aromatic rings. The summed E-state index contributed by atoms with van der Waals surface area (Å²) in [5.74, 6) is 1.66. The molecule has 120 valence electrons. The Labute approximate surface area is 131 Å². The summed E-state index contributed by atoms with van der Waals surface area (Å²) in [5, 5.41) is 3.59. The highest BCUT2D eigenvalue weighted by Gasteiger charge is 2.16. The van der Waals surface area contributed by atoms with E-state index in [9.17, 15) is 0 Å². The van der Waals surface area contributed by atoms with Gasteiger partial charge in [-0.1, -0.05) is 39.8 Å². The number of ether oxygens (including phenoxy) is 1. The van der Waals surface area contributed by atoms with Gasteiger partial charge in [0.15, 0.2) is 0 Å². The van der Waals surface area contributed by atoms with Gasteiger partial charge in [0.05, 0.1) is 7.11 Å². The molecule has 1 unspecified atom stereocenters. The predicted molar refractivity (Wildman–Crippen MR) is 92.0 cm³/mol. The first-order valence-electron chi connectivity index (χ1n) is 8.28. The zero-order valence-electron chi connectivity index (χ0n) is 14.5. The Morgan fingerprint density at radius 3 is 2.62 bits per heavy atom. The van der Waals surface area contributed by atoms with E-state index in [1.807, 2.05) is 6.07 Å². The van der Waals surface area contributed by atoms with Crippen molar-refractivity contribution in [2.24, 2.45) is 11.3 Å². The lowest BCUT2D eigenvalue weighted by atomic mass is 9.84. The lowest BCUT2D eigenvalue weighted by Gasteiger charge is -2.24. The summed E-state index contributed by atoms with van der Waals surface area (Å²) in [6.07, 6.45) is 4.88. The Morgan fingerprint density at radius 1 is 1.24 bits per heavy atom. The second kappa shape index (κ2) is 9.09. The number of rotatable bonds is 9. The van der Waals surface area contributed by atoms with Gasteiger partial charge < -0.3 is 10.1 Å².